The number of aromatic hydroxyl groups is 1. The average molecular weight is 297 g/mol. The van der Waals surface area contributed by atoms with Crippen LogP contribution in [0.15, 0.2) is 24.4 Å². The van der Waals surface area contributed by atoms with E-state index in [1.807, 2.05) is 0 Å². The highest BCUT2D eigenvalue weighted by Gasteiger charge is 2.18. The summed E-state index contributed by atoms with van der Waals surface area (Å²) >= 11 is 5.81. The fraction of sp³-hybridized carbons (Fsp3) is 0.0909. The Labute approximate surface area is 117 Å². The molecule has 1 aromatic heterocycles. The second-order valence-electron chi connectivity index (χ2n) is 3.91. The molecule has 1 aromatic carbocycles. The van der Waals surface area contributed by atoms with Crippen LogP contribution in [0.25, 0.3) is 0 Å². The molecular formula is C11H9ClN4O4. The third-order valence-corrected chi connectivity index (χ3v) is 2.71. The summed E-state index contributed by atoms with van der Waals surface area (Å²) < 4.78 is 1.35. The zero-order chi connectivity index (χ0) is 14.9. The van der Waals surface area contributed by atoms with Gasteiger partial charge in [0.25, 0.3) is 11.6 Å². The van der Waals surface area contributed by atoms with Crippen LogP contribution in [0, 0.1) is 10.1 Å². The van der Waals surface area contributed by atoms with Gasteiger partial charge in [0.2, 0.25) is 0 Å². The molecule has 104 valence electrons. The summed E-state index contributed by atoms with van der Waals surface area (Å²) in [6, 6.07) is 3.29. The average Bonchev–Trinajstić information content (AvgIpc) is 2.71. The quantitative estimate of drug-likeness (QED) is 0.511. The first kappa shape index (κ1) is 13.8. The summed E-state index contributed by atoms with van der Waals surface area (Å²) in [7, 11) is 1.59. The molecular weight excluding hydrogens is 288 g/mol. The summed E-state index contributed by atoms with van der Waals surface area (Å²) in [5.74, 6) is -0.970. The van der Waals surface area contributed by atoms with Crippen LogP contribution in [0.1, 0.15) is 10.5 Å². The number of non-ortho nitro benzene ring substituents is 1. The van der Waals surface area contributed by atoms with Crippen LogP contribution in [0.2, 0.25) is 5.02 Å². The molecule has 0 saturated heterocycles. The lowest BCUT2D eigenvalue weighted by Gasteiger charge is -2.05. The number of halogens is 1. The van der Waals surface area contributed by atoms with Gasteiger partial charge >= 0.3 is 0 Å². The van der Waals surface area contributed by atoms with E-state index in [9.17, 15) is 20.0 Å². The molecule has 0 saturated carbocycles. The Morgan fingerprint density at radius 3 is 2.80 bits per heavy atom. The number of nitro benzene ring substituents is 1. The number of anilines is 1. The van der Waals surface area contributed by atoms with Gasteiger partial charge in [0, 0.05) is 25.4 Å². The van der Waals surface area contributed by atoms with Crippen molar-refractivity contribution in [1.29, 1.82) is 0 Å². The molecule has 0 unspecified atom stereocenters. The molecule has 1 amide bonds. The number of phenolic OH excluding ortho intramolecular Hbond substituents is 1. The van der Waals surface area contributed by atoms with Crippen molar-refractivity contribution in [1.82, 2.24) is 9.78 Å². The Morgan fingerprint density at radius 1 is 1.55 bits per heavy atom. The lowest BCUT2D eigenvalue weighted by atomic mass is 10.2. The minimum Gasteiger partial charge on any atom is -0.506 e. The van der Waals surface area contributed by atoms with Crippen molar-refractivity contribution >= 4 is 28.9 Å². The summed E-state index contributed by atoms with van der Waals surface area (Å²) in [6.45, 7) is 0. The minimum atomic E-state index is -0.675. The molecule has 0 aliphatic rings. The first-order valence-electron chi connectivity index (χ1n) is 5.36. The second-order valence-corrected chi connectivity index (χ2v) is 4.32. The molecule has 2 aromatic rings. The number of carbonyl (C=O) groups excluding carboxylic acids is 1. The Balaban J connectivity index is 2.30. The number of aryl methyl sites for hydroxylation is 1. The van der Waals surface area contributed by atoms with Gasteiger partial charge in [0.1, 0.15) is 5.75 Å². The van der Waals surface area contributed by atoms with Crippen molar-refractivity contribution in [3.8, 4) is 5.75 Å². The predicted octanol–water partition coefficient (Wildman–Crippen LogP) is 1.94. The van der Waals surface area contributed by atoms with Gasteiger partial charge in [-0.1, -0.05) is 11.6 Å². The Bertz CT molecular complexity index is 698. The van der Waals surface area contributed by atoms with Gasteiger partial charge in [-0.3, -0.25) is 19.6 Å². The van der Waals surface area contributed by atoms with Gasteiger partial charge in [-0.25, -0.2) is 0 Å². The van der Waals surface area contributed by atoms with Crippen molar-refractivity contribution in [2.24, 2.45) is 7.05 Å². The van der Waals surface area contributed by atoms with E-state index in [1.54, 1.807) is 7.05 Å². The molecule has 2 N–H and O–H groups in total. The maximum Gasteiger partial charge on any atom is 0.277 e. The van der Waals surface area contributed by atoms with Crippen LogP contribution >= 0.6 is 11.6 Å². The van der Waals surface area contributed by atoms with Gasteiger partial charge in [-0.15, -0.1) is 0 Å². The van der Waals surface area contributed by atoms with Crippen LogP contribution in [-0.2, 0) is 7.05 Å². The summed E-state index contributed by atoms with van der Waals surface area (Å²) in [6.07, 6.45) is 1.43. The molecule has 0 fully saturated rings. The van der Waals surface area contributed by atoms with Crippen molar-refractivity contribution in [2.45, 2.75) is 0 Å². The van der Waals surface area contributed by atoms with E-state index in [1.165, 1.54) is 10.9 Å². The number of nitro groups is 1. The van der Waals surface area contributed by atoms with Crippen molar-refractivity contribution in [3.63, 3.8) is 0 Å². The number of benzene rings is 1. The van der Waals surface area contributed by atoms with Gasteiger partial charge in [0.05, 0.1) is 15.6 Å². The van der Waals surface area contributed by atoms with E-state index in [0.29, 0.717) is 0 Å². The number of rotatable bonds is 3. The second kappa shape index (κ2) is 5.17. The number of nitrogens with zero attached hydrogens (tertiary/aromatic N) is 3. The molecule has 0 bridgehead atoms. The molecule has 20 heavy (non-hydrogen) atoms. The largest absolute Gasteiger partial charge is 0.506 e. The maximum atomic E-state index is 11.9. The SMILES string of the molecule is Cn1cc(Cl)c(C(=O)Nc2cc([N+](=O)[O-])ccc2O)n1. The molecule has 0 aliphatic carbocycles. The maximum absolute atomic E-state index is 11.9. The lowest BCUT2D eigenvalue weighted by molar-refractivity contribution is -0.384. The summed E-state index contributed by atoms with van der Waals surface area (Å²) in [5, 5.41) is 26.6. The third-order valence-electron chi connectivity index (χ3n) is 2.44. The van der Waals surface area contributed by atoms with E-state index in [0.717, 1.165) is 18.2 Å². The van der Waals surface area contributed by atoms with E-state index in [-0.39, 0.29) is 27.8 Å². The van der Waals surface area contributed by atoms with Crippen molar-refractivity contribution < 1.29 is 14.8 Å². The van der Waals surface area contributed by atoms with E-state index < -0.39 is 10.8 Å². The molecule has 0 atom stereocenters. The summed E-state index contributed by atoms with van der Waals surface area (Å²) in [5.41, 5.74) is -0.392. The van der Waals surface area contributed by atoms with Gasteiger partial charge < -0.3 is 10.4 Å². The van der Waals surface area contributed by atoms with Crippen LogP contribution < -0.4 is 5.32 Å². The van der Waals surface area contributed by atoms with Crippen LogP contribution in [0.5, 0.6) is 5.75 Å². The highest BCUT2D eigenvalue weighted by Crippen LogP contribution is 2.28. The van der Waals surface area contributed by atoms with Gasteiger partial charge in [-0.05, 0) is 6.07 Å². The van der Waals surface area contributed by atoms with E-state index in [4.69, 9.17) is 11.6 Å². The zero-order valence-corrected chi connectivity index (χ0v) is 11.0. The van der Waals surface area contributed by atoms with Crippen LogP contribution in [0.4, 0.5) is 11.4 Å². The predicted molar refractivity (Wildman–Crippen MR) is 70.9 cm³/mol. The first-order valence-corrected chi connectivity index (χ1v) is 5.74. The molecule has 0 spiro atoms. The minimum absolute atomic E-state index is 0.0416. The highest BCUT2D eigenvalue weighted by molar-refractivity contribution is 6.34. The Morgan fingerprint density at radius 2 is 2.25 bits per heavy atom. The number of hydrogen-bond acceptors (Lipinski definition) is 5. The number of carbonyl (C=O) groups is 1. The monoisotopic (exact) mass is 296 g/mol. The highest BCUT2D eigenvalue weighted by atomic mass is 35.5. The number of nitrogens with one attached hydrogen (secondary N) is 1. The topological polar surface area (TPSA) is 110 Å². The molecule has 2 rings (SSSR count). The van der Waals surface area contributed by atoms with E-state index in [2.05, 4.69) is 10.4 Å². The molecule has 0 aliphatic heterocycles. The molecule has 9 heteroatoms. The first-order chi connectivity index (χ1) is 9.38. The van der Waals surface area contributed by atoms with Crippen molar-refractivity contribution in [3.05, 3.63) is 45.2 Å². The van der Waals surface area contributed by atoms with Gasteiger partial charge in [-0.2, -0.15) is 5.10 Å². The lowest BCUT2D eigenvalue weighted by Crippen LogP contribution is -2.13. The fourth-order valence-corrected chi connectivity index (χ4v) is 1.80. The standard InChI is InChI=1S/C11H9ClN4O4/c1-15-5-7(12)10(14-15)11(18)13-8-4-6(16(19)20)2-3-9(8)17/h2-5,17H,1H3,(H,13,18). The van der Waals surface area contributed by atoms with Crippen molar-refractivity contribution in [2.75, 3.05) is 5.32 Å². The zero-order valence-electron chi connectivity index (χ0n) is 10.2. The molecule has 8 nitrogen and oxygen atoms in total. The number of aromatic nitrogens is 2. The number of hydrogen-bond donors (Lipinski definition) is 2. The van der Waals surface area contributed by atoms with E-state index >= 15 is 0 Å². The molecule has 0 radical (unpaired) electrons. The van der Waals surface area contributed by atoms with Gasteiger partial charge in [0.15, 0.2) is 5.69 Å². The third kappa shape index (κ3) is 2.69. The van der Waals surface area contributed by atoms with Crippen LogP contribution in [-0.4, -0.2) is 25.7 Å². The Hall–Kier alpha value is -2.61. The van der Waals surface area contributed by atoms with Crippen LogP contribution in [0.3, 0.4) is 0 Å². The summed E-state index contributed by atoms with van der Waals surface area (Å²) in [4.78, 5) is 21.9. The smallest absolute Gasteiger partial charge is 0.277 e. The number of amides is 1. The Kier molecular flexibility index (Phi) is 3.57. The normalized spacial score (nSPS) is 10.3. The molecule has 1 heterocycles. The fourth-order valence-electron chi connectivity index (χ4n) is 1.53. The number of phenols is 1.